The van der Waals surface area contributed by atoms with Crippen molar-refractivity contribution in [3.8, 4) is 0 Å². The van der Waals surface area contributed by atoms with Gasteiger partial charge in [0.25, 0.3) is 11.5 Å². The molecule has 3 rings (SSSR count). The summed E-state index contributed by atoms with van der Waals surface area (Å²) >= 11 is 18.5. The van der Waals surface area contributed by atoms with E-state index in [2.05, 4.69) is 5.16 Å². The summed E-state index contributed by atoms with van der Waals surface area (Å²) < 4.78 is 42.0. The smallest absolute Gasteiger partial charge is 0.374 e. The summed E-state index contributed by atoms with van der Waals surface area (Å²) in [4.78, 5) is 17.0. The number of carbonyl (C=O) groups is 1. The molecule has 2 aromatic rings. The van der Waals surface area contributed by atoms with Crippen LogP contribution < -0.4 is 5.48 Å². The second-order valence-corrected chi connectivity index (χ2v) is 8.19. The molecule has 0 unspecified atom stereocenters. The number of alkyl halides is 3. The topological polar surface area (TPSA) is 70.9 Å². The second-order valence-electron chi connectivity index (χ2n) is 5.95. The predicted octanol–water partition coefficient (Wildman–Crippen LogP) is 5.72. The lowest BCUT2D eigenvalue weighted by Crippen LogP contribution is -2.42. The minimum absolute atomic E-state index is 0.00962. The number of amides is 1. The Hall–Kier alpha value is -1.52. The number of oxime groups is 1. The molecule has 1 aromatic heterocycles. The van der Waals surface area contributed by atoms with Gasteiger partial charge in [-0.1, -0.05) is 40.0 Å². The lowest BCUT2D eigenvalue weighted by Gasteiger charge is -2.29. The average molecular weight is 474 g/mol. The van der Waals surface area contributed by atoms with Gasteiger partial charge in [0.1, 0.15) is 5.71 Å². The summed E-state index contributed by atoms with van der Waals surface area (Å²) in [6.07, 6.45) is -5.51. The van der Waals surface area contributed by atoms with E-state index in [9.17, 15) is 18.0 Å². The van der Waals surface area contributed by atoms with Crippen molar-refractivity contribution < 1.29 is 28.0 Å². The number of nitrogens with one attached hydrogen (secondary N) is 1. The Labute approximate surface area is 175 Å². The summed E-state index contributed by atoms with van der Waals surface area (Å²) in [6.45, 7) is 1.58. The highest BCUT2D eigenvalue weighted by molar-refractivity contribution is 7.16. The van der Waals surface area contributed by atoms with E-state index in [-0.39, 0.29) is 31.2 Å². The standard InChI is InChI=1S/C16H10Cl3F3N2O3S/c1-6-2-11(28-13(6)14(25)23-26)10-5-15(27-24-10,16(20,21)22)7-3-8(17)12(19)9(18)4-7/h2-4,26H,5H2,1H3,(H,23,25)/t15-/m0/s1. The van der Waals surface area contributed by atoms with Crippen LogP contribution in [0.25, 0.3) is 0 Å². The fourth-order valence-corrected chi connectivity index (χ4v) is 4.36. The maximum absolute atomic E-state index is 14.0. The van der Waals surface area contributed by atoms with Crippen LogP contribution in [-0.2, 0) is 10.4 Å². The number of aryl methyl sites for hydroxylation is 1. The van der Waals surface area contributed by atoms with Crippen molar-refractivity contribution >= 4 is 57.8 Å². The van der Waals surface area contributed by atoms with Gasteiger partial charge in [-0.25, -0.2) is 5.48 Å². The molecule has 1 aliphatic rings. The largest absolute Gasteiger partial charge is 0.435 e. The maximum Gasteiger partial charge on any atom is 0.435 e. The molecular weight excluding hydrogens is 464 g/mol. The zero-order valence-corrected chi connectivity index (χ0v) is 16.9. The van der Waals surface area contributed by atoms with E-state index in [0.29, 0.717) is 10.4 Å². The summed E-state index contributed by atoms with van der Waals surface area (Å²) in [5, 5.41) is 12.0. The molecule has 1 aliphatic heterocycles. The van der Waals surface area contributed by atoms with Gasteiger partial charge < -0.3 is 4.84 Å². The molecule has 0 spiro atoms. The molecule has 0 fully saturated rings. The van der Waals surface area contributed by atoms with Crippen LogP contribution in [0.2, 0.25) is 15.1 Å². The second kappa shape index (κ2) is 7.38. The fourth-order valence-electron chi connectivity index (χ4n) is 2.73. The van der Waals surface area contributed by atoms with Crippen LogP contribution in [0.4, 0.5) is 13.2 Å². The zero-order chi connectivity index (χ0) is 20.9. The van der Waals surface area contributed by atoms with E-state index < -0.39 is 24.1 Å². The van der Waals surface area contributed by atoms with E-state index in [0.717, 1.165) is 23.5 Å². The van der Waals surface area contributed by atoms with Crippen LogP contribution >= 0.6 is 46.1 Å². The van der Waals surface area contributed by atoms with Crippen molar-refractivity contribution in [3.05, 3.63) is 54.1 Å². The van der Waals surface area contributed by atoms with Crippen molar-refractivity contribution in [2.24, 2.45) is 5.16 Å². The molecule has 2 heterocycles. The molecule has 0 radical (unpaired) electrons. The van der Waals surface area contributed by atoms with Crippen molar-refractivity contribution in [2.75, 3.05) is 0 Å². The maximum atomic E-state index is 14.0. The van der Waals surface area contributed by atoms with E-state index in [4.69, 9.17) is 44.8 Å². The van der Waals surface area contributed by atoms with Gasteiger partial charge in [-0.2, -0.15) is 13.2 Å². The molecule has 28 heavy (non-hydrogen) atoms. The molecule has 5 nitrogen and oxygen atoms in total. The Morgan fingerprint density at radius 1 is 1.29 bits per heavy atom. The Morgan fingerprint density at radius 3 is 2.43 bits per heavy atom. The Balaban J connectivity index is 2.03. The van der Waals surface area contributed by atoms with Gasteiger partial charge >= 0.3 is 6.18 Å². The number of hydroxylamine groups is 1. The number of benzene rings is 1. The molecule has 150 valence electrons. The normalized spacial score (nSPS) is 19.4. The highest BCUT2D eigenvalue weighted by atomic mass is 35.5. The van der Waals surface area contributed by atoms with E-state index in [1.165, 1.54) is 11.5 Å². The van der Waals surface area contributed by atoms with Gasteiger partial charge in [0.2, 0.25) is 0 Å². The van der Waals surface area contributed by atoms with Crippen molar-refractivity contribution in [3.63, 3.8) is 0 Å². The molecule has 0 saturated carbocycles. The van der Waals surface area contributed by atoms with Crippen LogP contribution in [0.15, 0.2) is 23.4 Å². The van der Waals surface area contributed by atoms with Gasteiger partial charge in [-0.3, -0.25) is 10.0 Å². The third-order valence-corrected chi connectivity index (χ3v) is 6.63. The highest BCUT2D eigenvalue weighted by Gasteiger charge is 2.62. The molecule has 1 amide bonds. The minimum atomic E-state index is -4.85. The monoisotopic (exact) mass is 472 g/mol. The van der Waals surface area contributed by atoms with Crippen LogP contribution in [0.5, 0.6) is 0 Å². The van der Waals surface area contributed by atoms with Gasteiger partial charge in [-0.05, 0) is 30.7 Å². The highest BCUT2D eigenvalue weighted by Crippen LogP contribution is 2.51. The fraction of sp³-hybridized carbons (Fsp3) is 0.250. The summed E-state index contributed by atoms with van der Waals surface area (Å²) in [7, 11) is 0. The van der Waals surface area contributed by atoms with Crippen LogP contribution in [0, 0.1) is 6.92 Å². The van der Waals surface area contributed by atoms with E-state index in [1.54, 1.807) is 6.92 Å². The van der Waals surface area contributed by atoms with Gasteiger partial charge in [-0.15, -0.1) is 11.3 Å². The van der Waals surface area contributed by atoms with E-state index in [1.807, 2.05) is 0 Å². The molecule has 12 heteroatoms. The number of rotatable bonds is 3. The molecule has 0 bridgehead atoms. The Kier molecular flexibility index (Phi) is 5.59. The Morgan fingerprint density at radius 2 is 1.89 bits per heavy atom. The van der Waals surface area contributed by atoms with Crippen molar-refractivity contribution in [1.82, 2.24) is 5.48 Å². The molecule has 1 atom stereocenters. The first-order chi connectivity index (χ1) is 13.0. The molecule has 0 aliphatic carbocycles. The molecular formula is C16H10Cl3F3N2O3S. The lowest BCUT2D eigenvalue weighted by molar-refractivity contribution is -0.275. The number of hydrogen-bond acceptors (Lipinski definition) is 5. The summed E-state index contributed by atoms with van der Waals surface area (Å²) in [5.41, 5.74) is -1.21. The lowest BCUT2D eigenvalue weighted by atomic mass is 9.88. The van der Waals surface area contributed by atoms with Gasteiger partial charge in [0.15, 0.2) is 0 Å². The number of thiophene rings is 1. The molecule has 1 aromatic carbocycles. The Bertz CT molecular complexity index is 970. The SMILES string of the molecule is Cc1cc(C2=NO[C@@](c3cc(Cl)c(Cl)c(Cl)c3)(C(F)(F)F)C2)sc1C(=O)NO. The third-order valence-electron chi connectivity index (χ3n) is 4.15. The van der Waals surface area contributed by atoms with Crippen LogP contribution in [0.3, 0.4) is 0 Å². The van der Waals surface area contributed by atoms with Crippen molar-refractivity contribution in [2.45, 2.75) is 25.1 Å². The number of hydrogen-bond donors (Lipinski definition) is 2. The first-order valence-corrected chi connectivity index (χ1v) is 9.47. The summed E-state index contributed by atoms with van der Waals surface area (Å²) in [6, 6.07) is 3.56. The van der Waals surface area contributed by atoms with Crippen LogP contribution in [0.1, 0.15) is 32.1 Å². The quantitative estimate of drug-likeness (QED) is 0.340. The predicted molar refractivity (Wildman–Crippen MR) is 99.8 cm³/mol. The zero-order valence-electron chi connectivity index (χ0n) is 13.8. The average Bonchev–Trinajstić information content (AvgIpc) is 3.23. The summed E-state index contributed by atoms with van der Waals surface area (Å²) in [5.74, 6) is -0.772. The first kappa shape index (κ1) is 21.2. The van der Waals surface area contributed by atoms with Crippen molar-refractivity contribution in [1.29, 1.82) is 0 Å². The number of halogens is 6. The van der Waals surface area contributed by atoms with Gasteiger partial charge in [0.05, 0.1) is 31.2 Å². The first-order valence-electron chi connectivity index (χ1n) is 7.52. The molecule has 0 saturated heterocycles. The minimum Gasteiger partial charge on any atom is -0.374 e. The van der Waals surface area contributed by atoms with Crippen LogP contribution in [-0.4, -0.2) is 23.0 Å². The van der Waals surface area contributed by atoms with Gasteiger partial charge in [0, 0.05) is 5.56 Å². The number of carbonyl (C=O) groups excluding carboxylic acids is 1. The molecule has 2 N–H and O–H groups in total. The number of nitrogens with zero attached hydrogens (tertiary/aromatic N) is 1. The van der Waals surface area contributed by atoms with E-state index >= 15 is 0 Å². The third kappa shape index (κ3) is 3.46.